The second-order valence-corrected chi connectivity index (χ2v) is 7.76. The van der Waals surface area contributed by atoms with Crippen molar-refractivity contribution in [1.29, 1.82) is 5.26 Å². The molecule has 3 aromatic rings. The van der Waals surface area contributed by atoms with Gasteiger partial charge in [-0.05, 0) is 61.2 Å². The van der Waals surface area contributed by atoms with E-state index in [1.165, 1.54) is 12.1 Å². The zero-order chi connectivity index (χ0) is 20.7. The maximum atomic E-state index is 13.2. The zero-order valence-corrected chi connectivity index (χ0v) is 16.2. The van der Waals surface area contributed by atoms with Crippen LogP contribution < -0.4 is 4.74 Å². The first-order valence-corrected chi connectivity index (χ1v) is 9.90. The Labute approximate surface area is 173 Å². The number of hydrogen-bond donors (Lipinski definition) is 0. The third-order valence-electron chi connectivity index (χ3n) is 5.47. The van der Waals surface area contributed by atoms with E-state index in [-0.39, 0.29) is 11.7 Å². The second kappa shape index (κ2) is 7.30. The fourth-order valence-corrected chi connectivity index (χ4v) is 3.58. The topological polar surface area (TPSA) is 71.2 Å². The lowest BCUT2D eigenvalue weighted by Crippen LogP contribution is -2.26. The summed E-state index contributed by atoms with van der Waals surface area (Å²) in [6, 6.07) is 13.2. The van der Waals surface area contributed by atoms with E-state index >= 15 is 0 Å². The summed E-state index contributed by atoms with van der Waals surface area (Å²) in [5.41, 5.74) is 3.36. The Bertz CT molecular complexity index is 1140. The van der Waals surface area contributed by atoms with Crippen molar-refractivity contribution in [2.45, 2.75) is 25.9 Å². The molecule has 0 atom stereocenters. The van der Waals surface area contributed by atoms with Crippen molar-refractivity contribution in [2.24, 2.45) is 5.92 Å². The third kappa shape index (κ3) is 3.52. The Hall–Kier alpha value is -3.66. The van der Waals surface area contributed by atoms with Crippen LogP contribution in [0.15, 0.2) is 48.7 Å². The average molecular weight is 402 g/mol. The lowest BCUT2D eigenvalue weighted by atomic mass is 10.1. The number of aromatic nitrogens is 2. The average Bonchev–Trinajstić information content (AvgIpc) is 3.38. The molecule has 1 amide bonds. The zero-order valence-electron chi connectivity index (χ0n) is 16.2. The summed E-state index contributed by atoms with van der Waals surface area (Å²) in [6.45, 7) is 1.39. The van der Waals surface area contributed by atoms with Gasteiger partial charge in [-0.1, -0.05) is 0 Å². The number of nitrogens with zero attached hydrogens (tertiary/aromatic N) is 4. The monoisotopic (exact) mass is 402 g/mol. The molecular weight excluding hydrogens is 383 g/mol. The number of benzene rings is 2. The Morgan fingerprint density at radius 1 is 1.20 bits per heavy atom. The molecule has 7 heteroatoms. The van der Waals surface area contributed by atoms with Gasteiger partial charge in [-0.25, -0.2) is 9.07 Å². The van der Waals surface area contributed by atoms with Crippen molar-refractivity contribution in [2.75, 3.05) is 6.61 Å². The van der Waals surface area contributed by atoms with E-state index in [0.29, 0.717) is 42.5 Å². The normalized spacial score (nSPS) is 15.0. The van der Waals surface area contributed by atoms with E-state index in [1.807, 2.05) is 6.20 Å². The largest absolute Gasteiger partial charge is 0.492 e. The highest BCUT2D eigenvalue weighted by Crippen LogP contribution is 2.32. The van der Waals surface area contributed by atoms with Gasteiger partial charge in [0.05, 0.1) is 41.7 Å². The Balaban J connectivity index is 1.35. The maximum Gasteiger partial charge on any atom is 0.258 e. The van der Waals surface area contributed by atoms with E-state index in [9.17, 15) is 14.4 Å². The first-order valence-electron chi connectivity index (χ1n) is 9.90. The molecule has 1 aromatic heterocycles. The summed E-state index contributed by atoms with van der Waals surface area (Å²) in [7, 11) is 0. The van der Waals surface area contributed by atoms with Crippen LogP contribution in [0.25, 0.3) is 5.69 Å². The van der Waals surface area contributed by atoms with Gasteiger partial charge in [0, 0.05) is 18.3 Å². The minimum absolute atomic E-state index is 0.177. The molecule has 0 N–H and O–H groups in total. The van der Waals surface area contributed by atoms with Gasteiger partial charge in [0.25, 0.3) is 5.91 Å². The third-order valence-corrected chi connectivity index (χ3v) is 5.47. The predicted molar refractivity (Wildman–Crippen MR) is 106 cm³/mol. The molecule has 2 aliphatic rings. The molecule has 0 saturated heterocycles. The molecule has 30 heavy (non-hydrogen) atoms. The summed E-state index contributed by atoms with van der Waals surface area (Å²) in [6.07, 6.45) is 4.18. The van der Waals surface area contributed by atoms with Gasteiger partial charge in [0.2, 0.25) is 0 Å². The number of rotatable bonds is 5. The Morgan fingerprint density at radius 3 is 2.70 bits per heavy atom. The summed E-state index contributed by atoms with van der Waals surface area (Å²) in [4.78, 5) is 14.9. The first-order chi connectivity index (χ1) is 14.6. The molecule has 2 heterocycles. The summed E-state index contributed by atoms with van der Waals surface area (Å²) in [5.74, 6) is 0.609. The Kier molecular flexibility index (Phi) is 4.47. The lowest BCUT2D eigenvalue weighted by molar-refractivity contribution is 0.0744. The van der Waals surface area contributed by atoms with Gasteiger partial charge in [-0.3, -0.25) is 4.79 Å². The molecule has 6 nitrogen and oxygen atoms in total. The number of carbonyl (C=O) groups is 1. The molecule has 1 aliphatic heterocycles. The van der Waals surface area contributed by atoms with E-state index < -0.39 is 0 Å². The number of amides is 1. The molecule has 150 valence electrons. The van der Waals surface area contributed by atoms with Gasteiger partial charge >= 0.3 is 0 Å². The van der Waals surface area contributed by atoms with Crippen LogP contribution >= 0.6 is 0 Å². The van der Waals surface area contributed by atoms with Crippen molar-refractivity contribution >= 4 is 5.91 Å². The first kappa shape index (κ1) is 18.4. The van der Waals surface area contributed by atoms with Crippen molar-refractivity contribution in [3.05, 3.63) is 76.9 Å². The lowest BCUT2D eigenvalue weighted by Gasteiger charge is -2.18. The number of carbonyl (C=O) groups excluding carboxylic acids is 1. The van der Waals surface area contributed by atoms with Crippen LogP contribution in [0.2, 0.25) is 0 Å². The maximum absolute atomic E-state index is 13.2. The number of nitriles is 1. The van der Waals surface area contributed by atoms with Gasteiger partial charge in [-0.2, -0.15) is 10.4 Å². The second-order valence-electron chi connectivity index (χ2n) is 7.76. The molecule has 1 aliphatic carbocycles. The molecule has 1 saturated carbocycles. The number of halogens is 1. The molecule has 0 unspecified atom stereocenters. The quantitative estimate of drug-likeness (QED) is 0.650. The predicted octanol–water partition coefficient (Wildman–Crippen LogP) is 3.83. The molecule has 5 rings (SSSR count). The highest BCUT2D eigenvalue weighted by molar-refractivity contribution is 5.97. The highest BCUT2D eigenvalue weighted by Gasteiger charge is 2.30. The highest BCUT2D eigenvalue weighted by atomic mass is 19.1. The van der Waals surface area contributed by atoms with Crippen LogP contribution in [-0.2, 0) is 13.1 Å². The minimum Gasteiger partial charge on any atom is -0.492 e. The SMILES string of the molecule is N#Cc1ccc(OCC2CC2)c(C(=O)N2Cc3cn(-c4ccc(F)cc4)nc3C2)c1. The molecule has 0 radical (unpaired) electrons. The van der Waals surface area contributed by atoms with E-state index in [2.05, 4.69) is 11.2 Å². The van der Waals surface area contributed by atoms with Crippen LogP contribution in [0.3, 0.4) is 0 Å². The van der Waals surface area contributed by atoms with E-state index in [1.54, 1.807) is 39.9 Å². The van der Waals surface area contributed by atoms with Crippen molar-refractivity contribution in [3.63, 3.8) is 0 Å². The molecule has 2 aromatic carbocycles. The summed E-state index contributed by atoms with van der Waals surface area (Å²) in [5, 5.41) is 13.8. The van der Waals surface area contributed by atoms with Gasteiger partial charge in [-0.15, -0.1) is 0 Å². The van der Waals surface area contributed by atoms with Crippen molar-refractivity contribution < 1.29 is 13.9 Å². The smallest absolute Gasteiger partial charge is 0.258 e. The standard InChI is InChI=1S/C23H19FN4O2/c24-18-4-6-19(7-5-18)28-12-17-11-27(13-21(17)26-28)23(29)20-9-16(10-25)3-8-22(20)30-14-15-1-2-15/h3-9,12,15H,1-2,11,13-14H2. The number of ether oxygens (including phenoxy) is 1. The van der Waals surface area contributed by atoms with Crippen molar-refractivity contribution in [1.82, 2.24) is 14.7 Å². The van der Waals surface area contributed by atoms with Crippen LogP contribution in [0.1, 0.15) is 40.0 Å². The molecular formula is C23H19FN4O2. The number of hydrogen-bond acceptors (Lipinski definition) is 4. The van der Waals surface area contributed by atoms with Gasteiger partial charge in [0.1, 0.15) is 11.6 Å². The number of fused-ring (bicyclic) bond motifs is 1. The molecule has 1 fully saturated rings. The van der Waals surface area contributed by atoms with Crippen LogP contribution in [0.4, 0.5) is 4.39 Å². The fraction of sp³-hybridized carbons (Fsp3) is 0.261. The minimum atomic E-state index is -0.297. The molecule has 0 spiro atoms. The summed E-state index contributed by atoms with van der Waals surface area (Å²) >= 11 is 0. The van der Waals surface area contributed by atoms with Crippen LogP contribution in [-0.4, -0.2) is 27.2 Å². The molecule has 0 bridgehead atoms. The summed E-state index contributed by atoms with van der Waals surface area (Å²) < 4.78 is 20.7. The van der Waals surface area contributed by atoms with E-state index in [0.717, 1.165) is 29.8 Å². The van der Waals surface area contributed by atoms with Crippen LogP contribution in [0, 0.1) is 23.1 Å². The van der Waals surface area contributed by atoms with Gasteiger partial charge < -0.3 is 9.64 Å². The fourth-order valence-electron chi connectivity index (χ4n) is 3.58. The van der Waals surface area contributed by atoms with E-state index in [4.69, 9.17) is 4.74 Å². The van der Waals surface area contributed by atoms with Crippen molar-refractivity contribution in [3.8, 4) is 17.5 Å². The Morgan fingerprint density at radius 2 is 2.00 bits per heavy atom. The van der Waals surface area contributed by atoms with Gasteiger partial charge in [0.15, 0.2) is 0 Å². The van der Waals surface area contributed by atoms with Crippen LogP contribution in [0.5, 0.6) is 5.75 Å².